The predicted octanol–water partition coefficient (Wildman–Crippen LogP) is 3.88. The van der Waals surface area contributed by atoms with E-state index < -0.39 is 0 Å². The molecule has 0 nitrogen and oxygen atoms in total. The van der Waals surface area contributed by atoms with Crippen LogP contribution >= 0.6 is 0 Å². The van der Waals surface area contributed by atoms with Gasteiger partial charge >= 0.3 is 0 Å². The van der Waals surface area contributed by atoms with Crippen molar-refractivity contribution in [2.45, 2.75) is 41.0 Å². The molecular formula is C11H22. The first-order valence-electron chi connectivity index (χ1n) is 4.76. The van der Waals surface area contributed by atoms with Gasteiger partial charge < -0.3 is 0 Å². The van der Waals surface area contributed by atoms with E-state index in [1.807, 2.05) is 0 Å². The summed E-state index contributed by atoms with van der Waals surface area (Å²) in [6, 6.07) is 0. The lowest BCUT2D eigenvalue weighted by Crippen LogP contribution is -2.03. The van der Waals surface area contributed by atoms with E-state index in [4.69, 9.17) is 0 Å². The number of rotatable bonds is 4. The maximum absolute atomic E-state index is 2.37. The molecule has 0 heterocycles. The Kier molecular flexibility index (Phi) is 5.27. The highest BCUT2D eigenvalue weighted by Gasteiger charge is 2.05. The van der Waals surface area contributed by atoms with E-state index in [-0.39, 0.29) is 0 Å². The Balaban J connectivity index is 3.87. The van der Waals surface area contributed by atoms with Crippen LogP contribution in [0, 0.1) is 17.8 Å². The highest BCUT2D eigenvalue weighted by atomic mass is 14.1. The first kappa shape index (κ1) is 10.7. The van der Waals surface area contributed by atoms with Gasteiger partial charge in [0, 0.05) is 0 Å². The zero-order valence-electron chi connectivity index (χ0n) is 8.59. The highest BCUT2D eigenvalue weighted by molar-refractivity contribution is 4.90. The molecule has 0 amide bonds. The highest BCUT2D eigenvalue weighted by Crippen LogP contribution is 2.16. The van der Waals surface area contributed by atoms with E-state index in [1.165, 1.54) is 6.42 Å². The minimum atomic E-state index is 0.697. The van der Waals surface area contributed by atoms with Crippen molar-refractivity contribution in [2.24, 2.45) is 17.8 Å². The van der Waals surface area contributed by atoms with Crippen LogP contribution in [0.4, 0.5) is 0 Å². The van der Waals surface area contributed by atoms with Gasteiger partial charge in [0.1, 0.15) is 0 Å². The Hall–Kier alpha value is -0.260. The van der Waals surface area contributed by atoms with Gasteiger partial charge in [0.05, 0.1) is 0 Å². The summed E-state index contributed by atoms with van der Waals surface area (Å²) in [7, 11) is 0. The van der Waals surface area contributed by atoms with Crippen molar-refractivity contribution in [3.8, 4) is 0 Å². The average molecular weight is 154 g/mol. The summed E-state index contributed by atoms with van der Waals surface area (Å²) >= 11 is 0. The first-order valence-corrected chi connectivity index (χ1v) is 4.76. The second kappa shape index (κ2) is 5.40. The smallest absolute Gasteiger partial charge is 0.0213 e. The Bertz CT molecular complexity index is 109. The molecule has 1 atom stereocenters. The van der Waals surface area contributed by atoms with Crippen LogP contribution in [0.5, 0.6) is 0 Å². The molecule has 0 N–H and O–H groups in total. The van der Waals surface area contributed by atoms with E-state index in [0.717, 1.165) is 11.8 Å². The lowest BCUT2D eigenvalue weighted by atomic mass is 9.92. The molecule has 0 aromatic heterocycles. The van der Waals surface area contributed by atoms with Crippen LogP contribution in [-0.2, 0) is 0 Å². The van der Waals surface area contributed by atoms with Crippen LogP contribution in [0.3, 0.4) is 0 Å². The van der Waals surface area contributed by atoms with E-state index in [2.05, 4.69) is 46.8 Å². The van der Waals surface area contributed by atoms with Crippen molar-refractivity contribution in [3.05, 3.63) is 12.2 Å². The Morgan fingerprint density at radius 1 is 1.00 bits per heavy atom. The van der Waals surface area contributed by atoms with E-state index >= 15 is 0 Å². The third kappa shape index (κ3) is 5.06. The second-order valence-electron chi connectivity index (χ2n) is 3.95. The number of allylic oxidation sites excluding steroid dienone is 2. The minimum Gasteiger partial charge on any atom is -0.0857 e. The molecule has 66 valence electrons. The summed E-state index contributed by atoms with van der Waals surface area (Å²) < 4.78 is 0. The SMILES string of the molecule is CC[C@@H](/C=C/C(C)C)C(C)C. The number of hydrogen-bond acceptors (Lipinski definition) is 0. The topological polar surface area (TPSA) is 0 Å². The van der Waals surface area contributed by atoms with Gasteiger partial charge in [0.25, 0.3) is 0 Å². The lowest BCUT2D eigenvalue weighted by Gasteiger charge is -2.14. The molecule has 0 aliphatic carbocycles. The predicted molar refractivity (Wildman–Crippen MR) is 52.6 cm³/mol. The maximum Gasteiger partial charge on any atom is -0.0213 e. The fourth-order valence-corrected chi connectivity index (χ4v) is 1.19. The second-order valence-corrected chi connectivity index (χ2v) is 3.95. The molecule has 0 aromatic rings. The molecular weight excluding hydrogens is 132 g/mol. The van der Waals surface area contributed by atoms with Crippen LogP contribution in [0.25, 0.3) is 0 Å². The Morgan fingerprint density at radius 2 is 1.55 bits per heavy atom. The van der Waals surface area contributed by atoms with Gasteiger partial charge in [-0.2, -0.15) is 0 Å². The van der Waals surface area contributed by atoms with Crippen LogP contribution < -0.4 is 0 Å². The summed E-state index contributed by atoms with van der Waals surface area (Å²) in [5, 5.41) is 0. The summed E-state index contributed by atoms with van der Waals surface area (Å²) in [6.45, 7) is 11.3. The fraction of sp³-hybridized carbons (Fsp3) is 0.818. The van der Waals surface area contributed by atoms with Crippen molar-refractivity contribution in [1.29, 1.82) is 0 Å². The van der Waals surface area contributed by atoms with Crippen LogP contribution in [0.1, 0.15) is 41.0 Å². The average Bonchev–Trinajstić information content (AvgIpc) is 1.87. The summed E-state index contributed by atoms with van der Waals surface area (Å²) in [6.07, 6.45) is 5.95. The normalized spacial score (nSPS) is 15.2. The van der Waals surface area contributed by atoms with Gasteiger partial charge in [-0.1, -0.05) is 46.8 Å². The van der Waals surface area contributed by atoms with E-state index in [1.54, 1.807) is 0 Å². The molecule has 0 saturated carbocycles. The molecule has 0 saturated heterocycles. The molecule has 0 aliphatic heterocycles. The summed E-state index contributed by atoms with van der Waals surface area (Å²) in [5.74, 6) is 2.26. The van der Waals surface area contributed by atoms with E-state index in [9.17, 15) is 0 Å². The van der Waals surface area contributed by atoms with Crippen molar-refractivity contribution in [2.75, 3.05) is 0 Å². The number of hydrogen-bond donors (Lipinski definition) is 0. The van der Waals surface area contributed by atoms with Crippen LogP contribution in [-0.4, -0.2) is 0 Å². The molecule has 11 heavy (non-hydrogen) atoms. The van der Waals surface area contributed by atoms with Crippen molar-refractivity contribution < 1.29 is 0 Å². The molecule has 0 rings (SSSR count). The van der Waals surface area contributed by atoms with Crippen molar-refractivity contribution in [1.82, 2.24) is 0 Å². The Morgan fingerprint density at radius 3 is 1.82 bits per heavy atom. The van der Waals surface area contributed by atoms with E-state index in [0.29, 0.717) is 5.92 Å². The summed E-state index contributed by atoms with van der Waals surface area (Å²) in [5.41, 5.74) is 0. The van der Waals surface area contributed by atoms with Gasteiger partial charge in [-0.25, -0.2) is 0 Å². The van der Waals surface area contributed by atoms with Crippen molar-refractivity contribution in [3.63, 3.8) is 0 Å². The molecule has 0 fully saturated rings. The first-order chi connectivity index (χ1) is 5.07. The monoisotopic (exact) mass is 154 g/mol. The van der Waals surface area contributed by atoms with Gasteiger partial charge in [-0.3, -0.25) is 0 Å². The molecule has 0 unspecified atom stereocenters. The third-order valence-electron chi connectivity index (χ3n) is 2.07. The Labute approximate surface area is 71.7 Å². The molecule has 0 aromatic carbocycles. The van der Waals surface area contributed by atoms with Gasteiger partial charge in [0.2, 0.25) is 0 Å². The molecule has 0 bridgehead atoms. The minimum absolute atomic E-state index is 0.697. The maximum atomic E-state index is 2.37. The van der Waals surface area contributed by atoms with Gasteiger partial charge in [-0.05, 0) is 24.2 Å². The van der Waals surface area contributed by atoms with Gasteiger partial charge in [0.15, 0.2) is 0 Å². The van der Waals surface area contributed by atoms with Crippen LogP contribution in [0.2, 0.25) is 0 Å². The largest absolute Gasteiger partial charge is 0.0857 e. The zero-order chi connectivity index (χ0) is 8.85. The van der Waals surface area contributed by atoms with Crippen LogP contribution in [0.15, 0.2) is 12.2 Å². The van der Waals surface area contributed by atoms with Crippen molar-refractivity contribution >= 4 is 0 Å². The molecule has 0 spiro atoms. The quantitative estimate of drug-likeness (QED) is 0.539. The standard InChI is InChI=1S/C11H22/c1-6-11(10(4)5)8-7-9(2)3/h7-11H,6H2,1-5H3/b8-7+/t11-/m0/s1. The lowest BCUT2D eigenvalue weighted by molar-refractivity contribution is 0.451. The zero-order valence-corrected chi connectivity index (χ0v) is 8.59. The third-order valence-corrected chi connectivity index (χ3v) is 2.07. The molecule has 0 heteroatoms. The molecule has 0 aliphatic rings. The summed E-state index contributed by atoms with van der Waals surface area (Å²) in [4.78, 5) is 0. The fourth-order valence-electron chi connectivity index (χ4n) is 1.19. The van der Waals surface area contributed by atoms with Gasteiger partial charge in [-0.15, -0.1) is 0 Å². The molecule has 0 radical (unpaired) electrons.